The summed E-state index contributed by atoms with van der Waals surface area (Å²) in [5, 5.41) is 2.68. The number of hydrogen-bond donors (Lipinski definition) is 1. The number of pyridine rings is 1. The van der Waals surface area contributed by atoms with Gasteiger partial charge in [-0.2, -0.15) is 0 Å². The Hall–Kier alpha value is -2.11. The molecule has 0 saturated heterocycles. The fourth-order valence-corrected chi connectivity index (χ4v) is 1.94. The van der Waals surface area contributed by atoms with E-state index in [1.165, 1.54) is 12.1 Å². The fourth-order valence-electron chi connectivity index (χ4n) is 1.60. The molecule has 1 heterocycles. The number of hydrogen-bond acceptors (Lipinski definition) is 4. The van der Waals surface area contributed by atoms with Gasteiger partial charge in [0.25, 0.3) is 5.91 Å². The Bertz CT molecular complexity index is 678. The van der Waals surface area contributed by atoms with E-state index in [9.17, 15) is 9.59 Å². The molecule has 114 valence electrons. The Labute approximate surface area is 137 Å². The van der Waals surface area contributed by atoms with E-state index in [1.54, 1.807) is 0 Å². The Morgan fingerprint density at radius 2 is 1.82 bits per heavy atom. The second kappa shape index (κ2) is 7.77. The predicted molar refractivity (Wildman–Crippen MR) is 82.8 cm³/mol. The second-order valence-corrected chi connectivity index (χ2v) is 5.09. The van der Waals surface area contributed by atoms with Crippen LogP contribution >= 0.6 is 23.2 Å². The van der Waals surface area contributed by atoms with Gasteiger partial charge in [0.15, 0.2) is 0 Å². The van der Waals surface area contributed by atoms with E-state index >= 15 is 0 Å². The summed E-state index contributed by atoms with van der Waals surface area (Å²) in [6.45, 7) is -0.137. The summed E-state index contributed by atoms with van der Waals surface area (Å²) in [6.07, 6.45) is 0. The van der Waals surface area contributed by atoms with Crippen LogP contribution < -0.4 is 5.32 Å². The number of halogens is 2. The Balaban J connectivity index is 1.83. The number of ether oxygens (including phenoxy) is 1. The second-order valence-electron chi connectivity index (χ2n) is 4.29. The van der Waals surface area contributed by atoms with Crippen molar-refractivity contribution >= 4 is 35.1 Å². The molecule has 2 rings (SSSR count). The van der Waals surface area contributed by atoms with Crippen LogP contribution in [0.2, 0.25) is 10.2 Å². The van der Waals surface area contributed by atoms with Gasteiger partial charge in [0.1, 0.15) is 24.0 Å². The summed E-state index contributed by atoms with van der Waals surface area (Å²) in [7, 11) is 0. The van der Waals surface area contributed by atoms with Gasteiger partial charge in [0.05, 0.1) is 5.02 Å². The Morgan fingerprint density at radius 1 is 1.09 bits per heavy atom. The van der Waals surface area contributed by atoms with E-state index in [2.05, 4.69) is 10.3 Å². The number of nitrogens with zero attached hydrogens (tertiary/aromatic N) is 1. The average Bonchev–Trinajstić information content (AvgIpc) is 2.54. The fraction of sp³-hybridized carbons (Fsp3) is 0.133. The summed E-state index contributed by atoms with van der Waals surface area (Å²) in [6, 6.07) is 12.2. The topological polar surface area (TPSA) is 68.3 Å². The highest BCUT2D eigenvalue weighted by Crippen LogP contribution is 2.16. The first kappa shape index (κ1) is 16.3. The maximum absolute atomic E-state index is 11.9. The van der Waals surface area contributed by atoms with Crippen molar-refractivity contribution in [3.8, 4) is 0 Å². The number of benzene rings is 1. The lowest BCUT2D eigenvalue weighted by Crippen LogP contribution is -2.31. The van der Waals surface area contributed by atoms with Gasteiger partial charge in [0.2, 0.25) is 0 Å². The summed E-state index contributed by atoms with van der Waals surface area (Å²) in [4.78, 5) is 27.3. The molecule has 1 aromatic heterocycles. The van der Waals surface area contributed by atoms with Crippen molar-refractivity contribution in [2.45, 2.75) is 6.61 Å². The van der Waals surface area contributed by atoms with Crippen molar-refractivity contribution in [2.24, 2.45) is 0 Å². The summed E-state index contributed by atoms with van der Waals surface area (Å²) in [5.41, 5.74) is 0.826. The molecule has 0 fully saturated rings. The number of carbonyl (C=O) groups excluding carboxylic acids is 2. The summed E-state index contributed by atoms with van der Waals surface area (Å²) < 4.78 is 5.04. The zero-order valence-corrected chi connectivity index (χ0v) is 12.9. The van der Waals surface area contributed by atoms with Gasteiger partial charge >= 0.3 is 5.97 Å². The van der Waals surface area contributed by atoms with Crippen LogP contribution in [0.1, 0.15) is 16.1 Å². The highest BCUT2D eigenvalue weighted by molar-refractivity contribution is 6.34. The van der Waals surface area contributed by atoms with E-state index in [1.807, 2.05) is 30.3 Å². The largest absolute Gasteiger partial charge is 0.460 e. The SMILES string of the molecule is O=C(CNC(=O)c1nc(Cl)ccc1Cl)OCc1ccccc1. The maximum Gasteiger partial charge on any atom is 0.325 e. The number of carbonyl (C=O) groups is 2. The van der Waals surface area contributed by atoms with E-state index in [4.69, 9.17) is 27.9 Å². The summed E-state index contributed by atoms with van der Waals surface area (Å²) >= 11 is 11.5. The summed E-state index contributed by atoms with van der Waals surface area (Å²) in [5.74, 6) is -1.15. The molecule has 0 aliphatic carbocycles. The highest BCUT2D eigenvalue weighted by Gasteiger charge is 2.14. The normalized spacial score (nSPS) is 10.1. The lowest BCUT2D eigenvalue weighted by atomic mass is 10.2. The van der Waals surface area contributed by atoms with Gasteiger partial charge in [-0.15, -0.1) is 0 Å². The van der Waals surface area contributed by atoms with Gasteiger partial charge in [-0.1, -0.05) is 53.5 Å². The molecule has 0 unspecified atom stereocenters. The van der Waals surface area contributed by atoms with Crippen LogP contribution in [0.15, 0.2) is 42.5 Å². The van der Waals surface area contributed by atoms with Crippen LogP contribution in [-0.2, 0) is 16.1 Å². The molecule has 0 bridgehead atoms. The van der Waals surface area contributed by atoms with Gasteiger partial charge in [-0.05, 0) is 17.7 Å². The number of rotatable bonds is 5. The maximum atomic E-state index is 11.9. The molecular formula is C15H12Cl2N2O3. The van der Waals surface area contributed by atoms with E-state index in [-0.39, 0.29) is 29.0 Å². The Kier molecular flexibility index (Phi) is 5.75. The molecule has 2 aromatic rings. The Morgan fingerprint density at radius 3 is 2.55 bits per heavy atom. The van der Waals surface area contributed by atoms with Crippen molar-refractivity contribution in [2.75, 3.05) is 6.54 Å². The number of nitrogens with one attached hydrogen (secondary N) is 1. The van der Waals surface area contributed by atoms with E-state index < -0.39 is 11.9 Å². The third-order valence-electron chi connectivity index (χ3n) is 2.66. The molecule has 0 aliphatic rings. The first-order chi connectivity index (χ1) is 10.6. The lowest BCUT2D eigenvalue weighted by molar-refractivity contribution is -0.143. The smallest absolute Gasteiger partial charge is 0.325 e. The molecule has 0 atom stereocenters. The van der Waals surface area contributed by atoms with Crippen molar-refractivity contribution in [1.82, 2.24) is 10.3 Å². The molecule has 5 nitrogen and oxygen atoms in total. The first-order valence-electron chi connectivity index (χ1n) is 6.36. The van der Waals surface area contributed by atoms with Gasteiger partial charge in [0, 0.05) is 0 Å². The minimum Gasteiger partial charge on any atom is -0.460 e. The molecule has 1 N–H and O–H groups in total. The molecule has 22 heavy (non-hydrogen) atoms. The molecule has 0 aliphatic heterocycles. The lowest BCUT2D eigenvalue weighted by Gasteiger charge is -2.07. The van der Waals surface area contributed by atoms with Gasteiger partial charge in [-0.25, -0.2) is 4.98 Å². The number of aromatic nitrogens is 1. The predicted octanol–water partition coefficient (Wildman–Crippen LogP) is 2.86. The number of amides is 1. The van der Waals surface area contributed by atoms with Crippen LogP contribution in [0.5, 0.6) is 0 Å². The third-order valence-corrected chi connectivity index (χ3v) is 3.18. The van der Waals surface area contributed by atoms with Crippen molar-refractivity contribution in [1.29, 1.82) is 0 Å². The molecule has 0 spiro atoms. The van der Waals surface area contributed by atoms with Crippen LogP contribution in [0.3, 0.4) is 0 Å². The quantitative estimate of drug-likeness (QED) is 0.672. The van der Waals surface area contributed by atoms with Crippen molar-refractivity contribution in [3.63, 3.8) is 0 Å². The van der Waals surface area contributed by atoms with Crippen molar-refractivity contribution < 1.29 is 14.3 Å². The molecule has 1 aromatic carbocycles. The van der Waals surface area contributed by atoms with E-state index in [0.717, 1.165) is 5.56 Å². The monoisotopic (exact) mass is 338 g/mol. The van der Waals surface area contributed by atoms with Crippen LogP contribution in [-0.4, -0.2) is 23.4 Å². The molecule has 0 radical (unpaired) electrons. The average molecular weight is 339 g/mol. The third kappa shape index (κ3) is 4.72. The van der Waals surface area contributed by atoms with Gasteiger partial charge < -0.3 is 10.1 Å². The first-order valence-corrected chi connectivity index (χ1v) is 7.11. The highest BCUT2D eigenvalue weighted by atomic mass is 35.5. The zero-order chi connectivity index (χ0) is 15.9. The minimum absolute atomic E-state index is 0.0370. The standard InChI is InChI=1S/C15H12Cl2N2O3/c16-11-6-7-12(17)19-14(11)15(21)18-8-13(20)22-9-10-4-2-1-3-5-10/h1-7H,8-9H2,(H,18,21). The minimum atomic E-state index is -0.593. The molecule has 0 saturated carbocycles. The van der Waals surface area contributed by atoms with E-state index in [0.29, 0.717) is 0 Å². The van der Waals surface area contributed by atoms with Gasteiger partial charge in [-0.3, -0.25) is 9.59 Å². The number of esters is 1. The zero-order valence-electron chi connectivity index (χ0n) is 11.4. The molecule has 7 heteroatoms. The molecular weight excluding hydrogens is 327 g/mol. The van der Waals surface area contributed by atoms with Crippen LogP contribution in [0.25, 0.3) is 0 Å². The molecule has 1 amide bonds. The van der Waals surface area contributed by atoms with Crippen LogP contribution in [0.4, 0.5) is 0 Å². The van der Waals surface area contributed by atoms with Crippen molar-refractivity contribution in [3.05, 3.63) is 63.9 Å². The van der Waals surface area contributed by atoms with Crippen LogP contribution in [0, 0.1) is 0 Å².